The third kappa shape index (κ3) is 4.17. The first-order chi connectivity index (χ1) is 19.1. The van der Waals surface area contributed by atoms with Gasteiger partial charge in [0.25, 0.3) is 11.5 Å². The van der Waals surface area contributed by atoms with E-state index in [-0.39, 0.29) is 34.4 Å². The summed E-state index contributed by atoms with van der Waals surface area (Å²) in [5.74, 6) is -0.846. The van der Waals surface area contributed by atoms with E-state index in [4.69, 9.17) is 21.1 Å². The molecule has 1 aliphatic heterocycles. The lowest BCUT2D eigenvalue weighted by Gasteiger charge is -2.29. The predicted molar refractivity (Wildman–Crippen MR) is 145 cm³/mol. The number of aryl methyl sites for hydroxylation is 1. The summed E-state index contributed by atoms with van der Waals surface area (Å²) in [6, 6.07) is 8.33. The molecule has 0 saturated carbocycles. The highest BCUT2D eigenvalue weighted by molar-refractivity contribution is 6.30. The Labute approximate surface area is 233 Å². The Hall–Kier alpha value is -4.69. The maximum Gasteiger partial charge on any atom is 0.319 e. The molecule has 0 unspecified atom stereocenters. The number of rotatable bonds is 6. The summed E-state index contributed by atoms with van der Waals surface area (Å²) in [5.41, 5.74) is 2.33. The molecule has 4 heterocycles. The molecule has 40 heavy (non-hydrogen) atoms. The van der Waals surface area contributed by atoms with Gasteiger partial charge >= 0.3 is 6.01 Å². The van der Waals surface area contributed by atoms with Gasteiger partial charge in [-0.25, -0.2) is 9.37 Å². The smallest absolute Gasteiger partial charge is 0.319 e. The number of aromatic nitrogens is 4. The molecule has 1 atom stereocenters. The molecule has 0 radical (unpaired) electrons. The summed E-state index contributed by atoms with van der Waals surface area (Å²) >= 11 is 6.22. The molecule has 1 aliphatic rings. The Balaban J connectivity index is 1.81. The highest BCUT2D eigenvalue weighted by atomic mass is 35.5. The second-order valence-electron chi connectivity index (χ2n) is 9.46. The minimum absolute atomic E-state index is 0.0679. The third-order valence-electron chi connectivity index (χ3n) is 6.78. The summed E-state index contributed by atoms with van der Waals surface area (Å²) < 4.78 is 28.8. The average molecular weight is 563 g/mol. The van der Waals surface area contributed by atoms with Crippen LogP contribution in [0.3, 0.4) is 0 Å². The van der Waals surface area contributed by atoms with Crippen LogP contribution in [0.25, 0.3) is 11.3 Å². The normalized spacial score (nSPS) is 14.4. The Morgan fingerprint density at radius 2 is 1.88 bits per heavy atom. The molecule has 4 aromatic rings. The zero-order chi connectivity index (χ0) is 28.9. The highest BCUT2D eigenvalue weighted by Gasteiger charge is 2.44. The number of carbonyl (C=O) groups excluding carboxylic acids is 1. The molecule has 204 valence electrons. The van der Waals surface area contributed by atoms with Crippen molar-refractivity contribution in [2.24, 2.45) is 7.05 Å². The van der Waals surface area contributed by atoms with E-state index < -0.39 is 17.4 Å². The van der Waals surface area contributed by atoms with Crippen LogP contribution in [-0.4, -0.2) is 39.2 Å². The van der Waals surface area contributed by atoms with Crippen LogP contribution in [0.4, 0.5) is 10.1 Å². The topological polar surface area (TPSA) is 115 Å². The third-order valence-corrected chi connectivity index (χ3v) is 7.05. The van der Waals surface area contributed by atoms with Crippen LogP contribution < -0.4 is 19.9 Å². The molecule has 1 aromatic carbocycles. The molecular formula is C28H24ClFN6O4. The molecule has 0 saturated heterocycles. The molecule has 1 amide bonds. The second kappa shape index (κ2) is 10.1. The van der Waals surface area contributed by atoms with Gasteiger partial charge in [-0.3, -0.25) is 14.5 Å². The lowest BCUT2D eigenvalue weighted by Crippen LogP contribution is -2.31. The van der Waals surface area contributed by atoms with Crippen LogP contribution in [0.1, 0.15) is 53.1 Å². The Morgan fingerprint density at radius 3 is 2.48 bits per heavy atom. The van der Waals surface area contributed by atoms with Gasteiger partial charge in [-0.1, -0.05) is 17.7 Å². The number of amides is 1. The molecule has 3 aromatic heterocycles. The first kappa shape index (κ1) is 26.9. The Bertz CT molecular complexity index is 1750. The maximum atomic E-state index is 14.9. The van der Waals surface area contributed by atoms with Gasteiger partial charge in [0.2, 0.25) is 5.88 Å². The van der Waals surface area contributed by atoms with Gasteiger partial charge in [-0.15, -0.1) is 0 Å². The number of anilines is 1. The Morgan fingerprint density at radius 1 is 1.12 bits per heavy atom. The molecule has 10 nitrogen and oxygen atoms in total. The molecule has 0 aliphatic carbocycles. The number of ether oxygens (including phenoxy) is 2. The summed E-state index contributed by atoms with van der Waals surface area (Å²) in [4.78, 5) is 36.4. The number of nitriles is 1. The van der Waals surface area contributed by atoms with Gasteiger partial charge in [0, 0.05) is 25.5 Å². The highest BCUT2D eigenvalue weighted by Crippen LogP contribution is 2.47. The largest absolute Gasteiger partial charge is 0.480 e. The fourth-order valence-electron chi connectivity index (χ4n) is 5.06. The van der Waals surface area contributed by atoms with Gasteiger partial charge in [-0.2, -0.15) is 10.2 Å². The standard InChI is InChI=1S/C28H24ClFN6O4/c1-14(2)35-22(19-12-32-28(40-5)33-25(19)39-4)10-18-24(35)23(15-6-7-16(11-31)21(30)8-15)36(26(18)37)17-9-20(29)27(38)34(3)13-17/h6-10,12-14,23H,1-5H3/t23-/m0/s1. The van der Waals surface area contributed by atoms with E-state index >= 15 is 0 Å². The van der Waals surface area contributed by atoms with Crippen LogP contribution in [0.15, 0.2) is 47.5 Å². The van der Waals surface area contributed by atoms with Crippen molar-refractivity contribution in [1.29, 1.82) is 5.26 Å². The van der Waals surface area contributed by atoms with Gasteiger partial charge in [0.05, 0.1) is 48.0 Å². The fourth-order valence-corrected chi connectivity index (χ4v) is 5.30. The summed E-state index contributed by atoms with van der Waals surface area (Å²) in [6.07, 6.45) is 3.06. The van der Waals surface area contributed by atoms with E-state index in [1.165, 1.54) is 55.1 Å². The van der Waals surface area contributed by atoms with Gasteiger partial charge < -0.3 is 18.6 Å². The van der Waals surface area contributed by atoms with Crippen molar-refractivity contribution in [3.63, 3.8) is 0 Å². The summed E-state index contributed by atoms with van der Waals surface area (Å²) in [6.45, 7) is 3.90. The zero-order valence-corrected chi connectivity index (χ0v) is 23.0. The van der Waals surface area contributed by atoms with Crippen molar-refractivity contribution >= 4 is 23.2 Å². The number of halogens is 2. The fraction of sp³-hybridized carbons (Fsp3) is 0.250. The van der Waals surface area contributed by atoms with E-state index in [9.17, 15) is 19.2 Å². The van der Waals surface area contributed by atoms with Crippen molar-refractivity contribution in [2.45, 2.75) is 25.9 Å². The average Bonchev–Trinajstić information content (AvgIpc) is 3.46. The minimum atomic E-state index is -0.820. The quantitative estimate of drug-likeness (QED) is 0.336. The van der Waals surface area contributed by atoms with Gasteiger partial charge in [-0.05, 0) is 43.7 Å². The van der Waals surface area contributed by atoms with E-state index in [1.807, 2.05) is 24.5 Å². The van der Waals surface area contributed by atoms with Crippen molar-refractivity contribution < 1.29 is 18.7 Å². The molecule has 12 heteroatoms. The van der Waals surface area contributed by atoms with Crippen LogP contribution in [0.5, 0.6) is 11.9 Å². The van der Waals surface area contributed by atoms with E-state index in [1.54, 1.807) is 18.3 Å². The lowest BCUT2D eigenvalue weighted by molar-refractivity contribution is 0.0993. The SMILES string of the molecule is COc1ncc(-c2cc3c(n2C(C)C)[C@H](c2ccc(C#N)c(F)c2)N(c2cc(Cl)c(=O)n(C)c2)C3=O)c(OC)n1. The Kier molecular flexibility index (Phi) is 6.81. The molecular weight excluding hydrogens is 539 g/mol. The maximum absolute atomic E-state index is 14.9. The van der Waals surface area contributed by atoms with Crippen LogP contribution in [0.2, 0.25) is 5.02 Å². The van der Waals surface area contributed by atoms with E-state index in [0.29, 0.717) is 33.8 Å². The number of hydrogen-bond acceptors (Lipinski definition) is 7. The molecule has 0 N–H and O–H groups in total. The molecule has 0 fully saturated rings. The lowest BCUT2D eigenvalue weighted by atomic mass is 10.0. The van der Waals surface area contributed by atoms with Crippen molar-refractivity contribution in [3.05, 3.63) is 86.3 Å². The molecule has 0 bridgehead atoms. The number of carbonyl (C=O) groups is 1. The van der Waals surface area contributed by atoms with Crippen LogP contribution in [-0.2, 0) is 7.05 Å². The number of benzene rings is 1. The van der Waals surface area contributed by atoms with Crippen molar-refractivity contribution in [3.8, 4) is 29.2 Å². The van der Waals surface area contributed by atoms with Crippen molar-refractivity contribution in [2.75, 3.05) is 19.1 Å². The minimum Gasteiger partial charge on any atom is -0.480 e. The van der Waals surface area contributed by atoms with Crippen molar-refractivity contribution in [1.82, 2.24) is 19.1 Å². The number of methoxy groups -OCH3 is 2. The van der Waals surface area contributed by atoms with Gasteiger partial charge in [0.15, 0.2) is 0 Å². The second-order valence-corrected chi connectivity index (χ2v) is 9.87. The summed E-state index contributed by atoms with van der Waals surface area (Å²) in [7, 11) is 4.45. The number of nitrogens with zero attached hydrogens (tertiary/aromatic N) is 6. The first-order valence-corrected chi connectivity index (χ1v) is 12.6. The number of fused-ring (bicyclic) bond motifs is 1. The van der Waals surface area contributed by atoms with E-state index in [0.717, 1.165) is 0 Å². The predicted octanol–water partition coefficient (Wildman–Crippen LogP) is 4.66. The number of hydrogen-bond donors (Lipinski definition) is 0. The number of pyridine rings is 1. The van der Waals surface area contributed by atoms with E-state index in [2.05, 4.69) is 9.97 Å². The van der Waals surface area contributed by atoms with Gasteiger partial charge in [0.1, 0.15) is 23.0 Å². The van der Waals surface area contributed by atoms with Crippen LogP contribution in [0, 0.1) is 17.1 Å². The molecule has 5 rings (SSSR count). The monoisotopic (exact) mass is 562 g/mol. The molecule has 0 spiro atoms. The summed E-state index contributed by atoms with van der Waals surface area (Å²) in [5, 5.41) is 9.22. The zero-order valence-electron chi connectivity index (χ0n) is 22.3. The van der Waals surface area contributed by atoms with Crippen LogP contribution >= 0.6 is 11.6 Å². The first-order valence-electron chi connectivity index (χ1n) is 12.2.